The van der Waals surface area contributed by atoms with Gasteiger partial charge in [-0.2, -0.15) is 4.31 Å². The van der Waals surface area contributed by atoms with Crippen LogP contribution >= 0.6 is 11.6 Å². The summed E-state index contributed by atoms with van der Waals surface area (Å²) in [5, 5.41) is 0.178. The van der Waals surface area contributed by atoms with E-state index in [1.165, 1.54) is 50.9 Å². The van der Waals surface area contributed by atoms with E-state index in [4.69, 9.17) is 30.5 Å². The van der Waals surface area contributed by atoms with Gasteiger partial charge in [-0.3, -0.25) is 4.79 Å². The third-order valence-corrected chi connectivity index (χ3v) is 7.47. The maximum absolute atomic E-state index is 13.5. The van der Waals surface area contributed by atoms with Crippen LogP contribution < -0.4 is 14.2 Å². The molecule has 0 bridgehead atoms. The highest BCUT2D eigenvalue weighted by Crippen LogP contribution is 2.42. The molecule has 8 nitrogen and oxygen atoms in total. The van der Waals surface area contributed by atoms with Crippen LogP contribution in [0.1, 0.15) is 23.6 Å². The van der Waals surface area contributed by atoms with Crippen molar-refractivity contribution >= 4 is 27.6 Å². The van der Waals surface area contributed by atoms with Gasteiger partial charge in [0.05, 0.1) is 50.8 Å². The van der Waals surface area contributed by atoms with E-state index < -0.39 is 22.0 Å². The summed E-state index contributed by atoms with van der Waals surface area (Å²) >= 11 is 6.16. The SMILES string of the molecule is COC(=O)CC1c2cc(OC)c(OC)cc2CCN1S(=O)(=O)c1ccc(OC)c(Cl)c1. The van der Waals surface area contributed by atoms with Crippen LogP contribution in [0.2, 0.25) is 5.02 Å². The van der Waals surface area contributed by atoms with Crippen LogP contribution in [0.25, 0.3) is 0 Å². The van der Waals surface area contributed by atoms with Crippen molar-refractivity contribution in [2.75, 3.05) is 35.0 Å². The summed E-state index contributed by atoms with van der Waals surface area (Å²) in [7, 11) is 1.77. The van der Waals surface area contributed by atoms with E-state index in [1.807, 2.05) is 6.07 Å². The highest BCUT2D eigenvalue weighted by molar-refractivity contribution is 7.89. The Hall–Kier alpha value is -2.49. The lowest BCUT2D eigenvalue weighted by Gasteiger charge is -2.36. The van der Waals surface area contributed by atoms with Crippen LogP contribution in [0.5, 0.6) is 17.2 Å². The summed E-state index contributed by atoms with van der Waals surface area (Å²) < 4.78 is 49.0. The number of nitrogens with zero attached hydrogens (tertiary/aromatic N) is 1. The van der Waals surface area contributed by atoms with Crippen molar-refractivity contribution in [3.8, 4) is 17.2 Å². The molecule has 1 aliphatic heterocycles. The minimum Gasteiger partial charge on any atom is -0.495 e. The molecule has 1 unspecified atom stereocenters. The van der Waals surface area contributed by atoms with Crippen LogP contribution in [0.4, 0.5) is 0 Å². The molecule has 168 valence electrons. The second-order valence-corrected chi connectivity index (χ2v) is 9.16. The number of rotatable bonds is 7. The zero-order valence-corrected chi connectivity index (χ0v) is 19.2. The molecule has 0 aliphatic carbocycles. The fraction of sp³-hybridized carbons (Fsp3) is 0.381. The van der Waals surface area contributed by atoms with Crippen LogP contribution in [0, 0.1) is 0 Å². The van der Waals surface area contributed by atoms with Gasteiger partial charge in [0, 0.05) is 6.54 Å². The number of benzene rings is 2. The summed E-state index contributed by atoms with van der Waals surface area (Å²) in [5.74, 6) is 0.826. The molecule has 31 heavy (non-hydrogen) atoms. The van der Waals surface area contributed by atoms with Gasteiger partial charge in [0.1, 0.15) is 5.75 Å². The fourth-order valence-electron chi connectivity index (χ4n) is 3.69. The van der Waals surface area contributed by atoms with Crippen molar-refractivity contribution in [2.45, 2.75) is 23.8 Å². The molecular weight excluding hydrogens is 446 g/mol. The van der Waals surface area contributed by atoms with E-state index in [-0.39, 0.29) is 22.9 Å². The maximum atomic E-state index is 13.5. The van der Waals surface area contributed by atoms with Crippen molar-refractivity contribution in [2.24, 2.45) is 0 Å². The topological polar surface area (TPSA) is 91.4 Å². The minimum absolute atomic E-state index is 0.0112. The average molecular weight is 470 g/mol. The Morgan fingerprint density at radius 3 is 2.26 bits per heavy atom. The molecule has 2 aromatic carbocycles. The van der Waals surface area contributed by atoms with Crippen LogP contribution in [-0.4, -0.2) is 53.7 Å². The van der Waals surface area contributed by atoms with Gasteiger partial charge in [-0.15, -0.1) is 0 Å². The Labute approximate surface area is 186 Å². The van der Waals surface area contributed by atoms with Crippen LogP contribution in [0.15, 0.2) is 35.2 Å². The van der Waals surface area contributed by atoms with Gasteiger partial charge in [-0.05, 0) is 47.9 Å². The van der Waals surface area contributed by atoms with E-state index in [0.717, 1.165) is 5.56 Å². The monoisotopic (exact) mass is 469 g/mol. The number of ether oxygens (including phenoxy) is 4. The van der Waals surface area contributed by atoms with Gasteiger partial charge < -0.3 is 18.9 Å². The minimum atomic E-state index is -3.98. The molecule has 0 fully saturated rings. The number of sulfonamides is 1. The van der Waals surface area contributed by atoms with E-state index >= 15 is 0 Å². The molecule has 0 radical (unpaired) electrons. The van der Waals surface area contributed by atoms with Gasteiger partial charge in [-0.1, -0.05) is 11.6 Å². The van der Waals surface area contributed by atoms with Crippen LogP contribution in [-0.2, 0) is 26.0 Å². The molecule has 0 saturated carbocycles. The summed E-state index contributed by atoms with van der Waals surface area (Å²) in [4.78, 5) is 12.2. The smallest absolute Gasteiger partial charge is 0.307 e. The number of hydrogen-bond acceptors (Lipinski definition) is 7. The molecule has 2 aromatic rings. The van der Waals surface area contributed by atoms with Crippen molar-refractivity contribution in [3.05, 3.63) is 46.5 Å². The first kappa shape index (κ1) is 23.2. The summed E-state index contributed by atoms with van der Waals surface area (Å²) in [6.07, 6.45) is 0.290. The van der Waals surface area contributed by atoms with Gasteiger partial charge in [0.2, 0.25) is 10.0 Å². The first-order valence-electron chi connectivity index (χ1n) is 9.43. The molecule has 10 heteroatoms. The highest BCUT2D eigenvalue weighted by Gasteiger charge is 2.39. The Bertz CT molecular complexity index is 1090. The number of halogens is 1. The Morgan fingerprint density at radius 2 is 1.68 bits per heavy atom. The molecule has 1 aliphatic rings. The van der Waals surface area contributed by atoms with E-state index in [1.54, 1.807) is 6.07 Å². The maximum Gasteiger partial charge on any atom is 0.307 e. The van der Waals surface area contributed by atoms with Crippen molar-refractivity contribution in [3.63, 3.8) is 0 Å². The fourth-order valence-corrected chi connectivity index (χ4v) is 5.64. The summed E-state index contributed by atoms with van der Waals surface area (Å²) in [6.45, 7) is 0.177. The standard InChI is InChI=1S/C21H24ClNO7S/c1-27-18-6-5-14(10-16(18)22)31(25,26)23-8-7-13-9-19(28-2)20(29-3)11-15(13)17(23)12-21(24)30-4/h5-6,9-11,17H,7-8,12H2,1-4H3. The zero-order chi connectivity index (χ0) is 22.8. The second kappa shape index (κ2) is 9.33. The first-order chi connectivity index (χ1) is 14.8. The molecule has 0 aromatic heterocycles. The summed E-state index contributed by atoms with van der Waals surface area (Å²) in [6, 6.07) is 7.02. The van der Waals surface area contributed by atoms with Gasteiger partial charge in [0.25, 0.3) is 0 Å². The lowest BCUT2D eigenvalue weighted by Crippen LogP contribution is -2.41. The van der Waals surface area contributed by atoms with Gasteiger partial charge in [0.15, 0.2) is 11.5 Å². The van der Waals surface area contributed by atoms with E-state index in [0.29, 0.717) is 29.2 Å². The van der Waals surface area contributed by atoms with E-state index in [2.05, 4.69) is 0 Å². The highest BCUT2D eigenvalue weighted by atomic mass is 35.5. The Morgan fingerprint density at radius 1 is 1.03 bits per heavy atom. The quantitative estimate of drug-likeness (QED) is 0.575. The van der Waals surface area contributed by atoms with Crippen molar-refractivity contribution in [1.82, 2.24) is 4.31 Å². The number of carbonyl (C=O) groups excluding carboxylic acids is 1. The average Bonchev–Trinajstić information content (AvgIpc) is 2.77. The lowest BCUT2D eigenvalue weighted by atomic mass is 9.91. The third kappa shape index (κ3) is 4.44. The molecule has 1 atom stereocenters. The number of hydrogen-bond donors (Lipinski definition) is 0. The molecule has 0 saturated heterocycles. The molecule has 0 spiro atoms. The third-order valence-electron chi connectivity index (χ3n) is 5.27. The Balaban J connectivity index is 2.11. The number of esters is 1. The van der Waals surface area contributed by atoms with E-state index in [9.17, 15) is 13.2 Å². The predicted octanol–water partition coefficient (Wildman–Crippen LogP) is 3.22. The van der Waals surface area contributed by atoms with Gasteiger partial charge in [-0.25, -0.2) is 8.42 Å². The Kier molecular flexibility index (Phi) is 6.98. The summed E-state index contributed by atoms with van der Waals surface area (Å²) in [5.41, 5.74) is 1.54. The largest absolute Gasteiger partial charge is 0.495 e. The van der Waals surface area contributed by atoms with Crippen molar-refractivity contribution in [1.29, 1.82) is 0 Å². The molecule has 0 N–H and O–H groups in total. The van der Waals surface area contributed by atoms with Crippen molar-refractivity contribution < 1.29 is 32.2 Å². The predicted molar refractivity (Wildman–Crippen MR) is 115 cm³/mol. The zero-order valence-electron chi connectivity index (χ0n) is 17.7. The lowest BCUT2D eigenvalue weighted by molar-refractivity contribution is -0.141. The molecule has 1 heterocycles. The van der Waals surface area contributed by atoms with Gasteiger partial charge >= 0.3 is 5.97 Å². The first-order valence-corrected chi connectivity index (χ1v) is 11.3. The van der Waals surface area contributed by atoms with Crippen LogP contribution in [0.3, 0.4) is 0 Å². The molecule has 0 amide bonds. The number of fused-ring (bicyclic) bond motifs is 1. The molecule has 3 rings (SSSR count). The second-order valence-electron chi connectivity index (χ2n) is 6.86. The normalized spacial score (nSPS) is 16.4. The number of carbonyl (C=O) groups is 1. The molecular formula is C21H24ClNO7S. The number of methoxy groups -OCH3 is 4.